The van der Waals surface area contributed by atoms with Crippen molar-refractivity contribution in [1.82, 2.24) is 0 Å². The summed E-state index contributed by atoms with van der Waals surface area (Å²) in [7, 11) is -12.0. The number of aliphatic hydroxyl groups excluding tert-OH is 3. The van der Waals surface area contributed by atoms with E-state index in [-0.39, 0.29) is 41.3 Å². The van der Waals surface area contributed by atoms with Gasteiger partial charge in [0, 0.05) is 0 Å². The van der Waals surface area contributed by atoms with Crippen molar-refractivity contribution < 1.29 is 68.6 Å². The first kappa shape index (κ1) is 50.0. The molecule has 2 saturated heterocycles. The Kier molecular flexibility index (Phi) is 16.4. The van der Waals surface area contributed by atoms with E-state index in [1.54, 1.807) is 38.1 Å². The highest BCUT2D eigenvalue weighted by Gasteiger charge is 2.56. The van der Waals surface area contributed by atoms with Crippen LogP contribution in [-0.4, -0.2) is 115 Å². The van der Waals surface area contributed by atoms with Crippen LogP contribution in [0.1, 0.15) is 43.0 Å². The first-order valence-electron chi connectivity index (χ1n) is 21.1. The number of hydrogen-bond acceptors (Lipinski definition) is 15. The van der Waals surface area contributed by atoms with Crippen molar-refractivity contribution in [2.45, 2.75) is 137 Å². The Balaban J connectivity index is 1.38. The highest BCUT2D eigenvalue weighted by molar-refractivity contribution is 7.87. The fourth-order valence-electron chi connectivity index (χ4n) is 6.92. The lowest BCUT2D eigenvalue weighted by Crippen LogP contribution is -2.67. The molecule has 0 spiro atoms. The maximum absolute atomic E-state index is 14.1. The predicted molar refractivity (Wildman–Crippen MR) is 237 cm³/mol. The molecule has 2 fully saturated rings. The number of benzene rings is 4. The van der Waals surface area contributed by atoms with Crippen LogP contribution < -0.4 is 0 Å². The second-order valence-electron chi connectivity index (χ2n) is 17.7. The van der Waals surface area contributed by atoms with Crippen molar-refractivity contribution in [2.24, 2.45) is 0 Å². The molecule has 2 aliphatic heterocycles. The molecule has 0 unspecified atom stereocenters. The third-order valence-electron chi connectivity index (χ3n) is 11.7. The average molecular weight is 945 g/mol. The van der Waals surface area contributed by atoms with E-state index in [0.717, 1.165) is 22.3 Å². The average Bonchev–Trinajstić information content (AvgIpc) is 3.24. The zero-order valence-corrected chi connectivity index (χ0v) is 39.7. The van der Waals surface area contributed by atoms with Gasteiger partial charge in [0.2, 0.25) is 0 Å². The molecule has 0 bridgehead atoms. The molecule has 0 amide bonds. The van der Waals surface area contributed by atoms with Crippen LogP contribution in [0.25, 0.3) is 0 Å². The molecule has 4 aromatic rings. The molecule has 3 N–H and O–H groups in total. The lowest BCUT2D eigenvalue weighted by Gasteiger charge is -2.50. The first-order chi connectivity index (χ1) is 30.1. The molecule has 2 aliphatic rings. The van der Waals surface area contributed by atoms with Crippen LogP contribution in [0.3, 0.4) is 0 Å². The number of hydrogen-bond donors (Lipinski definition) is 3. The fraction of sp³-hybridized carbons (Fsp3) is 0.478. The minimum absolute atomic E-state index is 0.0772. The Morgan fingerprint density at radius 2 is 1.00 bits per heavy atom. The van der Waals surface area contributed by atoms with E-state index in [2.05, 4.69) is 0 Å². The van der Waals surface area contributed by atoms with Gasteiger partial charge in [0.25, 0.3) is 20.2 Å². The third-order valence-corrected chi connectivity index (χ3v) is 18.8. The van der Waals surface area contributed by atoms with Gasteiger partial charge >= 0.3 is 0 Å². The summed E-state index contributed by atoms with van der Waals surface area (Å²) >= 11 is 0. The summed E-state index contributed by atoms with van der Waals surface area (Å²) in [5.74, 6) is 0. The van der Waals surface area contributed by atoms with E-state index in [1.165, 1.54) is 24.3 Å². The van der Waals surface area contributed by atoms with E-state index >= 15 is 0 Å². The highest BCUT2D eigenvalue weighted by atomic mass is 32.2. The van der Waals surface area contributed by atoms with Gasteiger partial charge in [0.05, 0.1) is 36.2 Å². The zero-order valence-electron chi connectivity index (χ0n) is 37.1. The third kappa shape index (κ3) is 12.5. The van der Waals surface area contributed by atoms with E-state index in [1.807, 2.05) is 94.5 Å². The molecule has 2 heterocycles. The second-order valence-corrected chi connectivity index (χ2v) is 25.6. The number of aryl methyl sites for hydroxylation is 2. The van der Waals surface area contributed by atoms with Gasteiger partial charge in [-0.2, -0.15) is 16.8 Å². The smallest absolute Gasteiger partial charge is 0.297 e. The van der Waals surface area contributed by atoms with Crippen LogP contribution >= 0.6 is 0 Å². The summed E-state index contributed by atoms with van der Waals surface area (Å²) in [5, 5.41) is 35.4. The maximum atomic E-state index is 14.1. The van der Waals surface area contributed by atoms with E-state index < -0.39 is 90.0 Å². The summed E-state index contributed by atoms with van der Waals surface area (Å²) in [5.41, 5.74) is 3.22. The summed E-state index contributed by atoms with van der Waals surface area (Å²) in [4.78, 5) is -0.465. The van der Waals surface area contributed by atoms with Crippen LogP contribution in [0.5, 0.6) is 0 Å². The molecule has 6 rings (SSSR count). The topological polar surface area (TPSA) is 203 Å². The Bertz CT molecular complexity index is 2310. The summed E-state index contributed by atoms with van der Waals surface area (Å²) < 4.78 is 104. The van der Waals surface area contributed by atoms with Gasteiger partial charge in [0.1, 0.15) is 36.6 Å². The van der Waals surface area contributed by atoms with E-state index in [4.69, 9.17) is 36.5 Å². The molecule has 0 saturated carbocycles. The monoisotopic (exact) mass is 944 g/mol. The van der Waals surface area contributed by atoms with Gasteiger partial charge in [-0.1, -0.05) is 117 Å². The summed E-state index contributed by atoms with van der Waals surface area (Å²) in [6.45, 7) is 13.3. The molecule has 0 aliphatic carbocycles. The number of ether oxygens (including phenoxy) is 5. The molecular weight excluding hydrogens is 885 g/mol. The lowest BCUT2D eigenvalue weighted by molar-refractivity contribution is -0.350. The molecule has 0 aromatic heterocycles. The van der Waals surface area contributed by atoms with Crippen molar-refractivity contribution in [3.05, 3.63) is 131 Å². The normalized spacial score (nSPS) is 27.0. The fourth-order valence-corrected chi connectivity index (χ4v) is 10.4. The molecule has 4 aromatic carbocycles. The van der Waals surface area contributed by atoms with Crippen LogP contribution in [0.4, 0.5) is 0 Å². The van der Waals surface area contributed by atoms with E-state index in [9.17, 15) is 32.2 Å². The van der Waals surface area contributed by atoms with Crippen molar-refractivity contribution in [3.63, 3.8) is 0 Å². The number of rotatable bonds is 18. The Morgan fingerprint density at radius 3 is 1.45 bits per heavy atom. The molecular formula is C46H60O15S2Si. The highest BCUT2D eigenvalue weighted by Crippen LogP contribution is 2.41. The van der Waals surface area contributed by atoms with Crippen LogP contribution in [0.15, 0.2) is 119 Å². The van der Waals surface area contributed by atoms with Crippen LogP contribution in [0, 0.1) is 13.8 Å². The van der Waals surface area contributed by atoms with Gasteiger partial charge in [-0.3, -0.25) is 8.37 Å². The molecule has 15 nitrogen and oxygen atoms in total. The SMILES string of the molecule is Cc1ccc(S(=O)(=O)O[C@@H]2[C@@H](O[C@H]3[C@H](O)[C@H](OS(=O)(=O)c4ccc(C)cc4)[C@@H](O)O[C@@H]3COCc3ccccc3)O[C@H](COCc3ccccc3)[C@@H](O[Si](C)(C)C(C)(C)C)[C@@H]2O)cc1. The standard InChI is InChI=1S/C46H60O15S2Si/c1-30-18-22-34(23-19-30)62(50,51)59-42-38(47)40(36(56-44(42)49)28-54-26-32-14-10-8-11-15-32)58-45-43(60-63(52,53)35-24-20-31(2)21-25-35)39(48)41(61-64(6,7)46(3,4)5)37(57-45)29-55-27-33-16-12-9-13-17-33/h8-25,36-45,47-49H,26-29H2,1-7H3/t36-,37-,38+,39+,40-,41-,42+,43+,44+,45-/m1/s1. The van der Waals surface area contributed by atoms with Gasteiger partial charge in [0.15, 0.2) is 33.1 Å². The lowest BCUT2D eigenvalue weighted by atomic mass is 9.97. The number of aliphatic hydroxyl groups is 3. The Morgan fingerprint density at radius 1 is 0.578 bits per heavy atom. The van der Waals surface area contributed by atoms with Crippen LogP contribution in [0.2, 0.25) is 18.1 Å². The van der Waals surface area contributed by atoms with Gasteiger partial charge in [-0.05, 0) is 67.4 Å². The second kappa shape index (κ2) is 21.0. The zero-order chi connectivity index (χ0) is 46.5. The van der Waals surface area contributed by atoms with Crippen LogP contribution in [-0.2, 0) is 69.9 Å². The van der Waals surface area contributed by atoms with Gasteiger partial charge in [-0.15, -0.1) is 0 Å². The van der Waals surface area contributed by atoms with E-state index in [0.29, 0.717) is 0 Å². The summed E-state index contributed by atoms with van der Waals surface area (Å²) in [6, 6.07) is 30.1. The predicted octanol–water partition coefficient (Wildman–Crippen LogP) is 5.52. The maximum Gasteiger partial charge on any atom is 0.297 e. The van der Waals surface area contributed by atoms with Gasteiger partial charge < -0.3 is 43.4 Å². The largest absolute Gasteiger partial charge is 0.408 e. The van der Waals surface area contributed by atoms with Crippen molar-refractivity contribution in [1.29, 1.82) is 0 Å². The van der Waals surface area contributed by atoms with Gasteiger partial charge in [-0.25, -0.2) is 0 Å². The molecule has 350 valence electrons. The van der Waals surface area contributed by atoms with Crippen molar-refractivity contribution in [2.75, 3.05) is 13.2 Å². The molecule has 18 heteroatoms. The van der Waals surface area contributed by atoms with Crippen molar-refractivity contribution >= 4 is 28.6 Å². The minimum Gasteiger partial charge on any atom is -0.408 e. The quantitative estimate of drug-likeness (QED) is 0.0830. The Labute approximate surface area is 377 Å². The first-order valence-corrected chi connectivity index (χ1v) is 26.8. The minimum atomic E-state index is -4.66. The summed E-state index contributed by atoms with van der Waals surface area (Å²) in [6.07, 6.45) is -16.8. The molecule has 10 atom stereocenters. The molecule has 64 heavy (non-hydrogen) atoms. The Hall–Kier alpha value is -3.44. The molecule has 0 radical (unpaired) electrons. The van der Waals surface area contributed by atoms with Crippen molar-refractivity contribution in [3.8, 4) is 0 Å².